The Hall–Kier alpha value is -0.0200. The molecule has 0 saturated carbocycles. The van der Waals surface area contributed by atoms with Crippen LogP contribution in [0.5, 0.6) is 0 Å². The first-order valence-electron chi connectivity index (χ1n) is 6.42. The molecule has 1 unspecified atom stereocenters. The molecule has 1 atom stereocenters. The van der Waals surface area contributed by atoms with Gasteiger partial charge in [-0.2, -0.15) is 0 Å². The predicted molar refractivity (Wildman–Crippen MR) is 79.5 cm³/mol. The summed E-state index contributed by atoms with van der Waals surface area (Å²) in [6, 6.07) is 9.04. The Morgan fingerprint density at radius 2 is 1.81 bits per heavy atom. The molecule has 1 rings (SSSR count). The number of benzene rings is 1. The molecular weight excluding hydrogens is 321 g/mol. The van der Waals surface area contributed by atoms with Crippen LogP contribution in [-0.4, -0.2) is 27.8 Å². The van der Waals surface area contributed by atoms with Crippen molar-refractivity contribution in [3.05, 3.63) is 35.9 Å². The topological polar surface area (TPSA) is 78.5 Å². The van der Waals surface area contributed by atoms with Gasteiger partial charge in [0.25, 0.3) is 5.91 Å². The molecule has 8 heteroatoms. The third-order valence-electron chi connectivity index (χ3n) is 2.62. The van der Waals surface area contributed by atoms with Crippen LogP contribution >= 0.6 is 0 Å². The number of carbonyl (C=O) groups excluding carboxylic acids is 1. The molecule has 21 heavy (non-hydrogen) atoms. The summed E-state index contributed by atoms with van der Waals surface area (Å²) in [5.74, 6) is -0.0777. The molecule has 1 aromatic carbocycles. The molecule has 0 spiro atoms. The average Bonchev–Trinajstić information content (AvgIpc) is 2.41. The van der Waals surface area contributed by atoms with E-state index in [1.807, 2.05) is 18.2 Å². The van der Waals surface area contributed by atoms with Gasteiger partial charge in [0.15, 0.2) is 0 Å². The van der Waals surface area contributed by atoms with Crippen molar-refractivity contribution < 1.29 is 47.3 Å². The zero-order valence-electron chi connectivity index (χ0n) is 12.1. The van der Waals surface area contributed by atoms with Crippen molar-refractivity contribution >= 4 is 26.1 Å². The van der Waals surface area contributed by atoms with Gasteiger partial charge in [-0.25, -0.2) is 4.21 Å². The van der Waals surface area contributed by atoms with Gasteiger partial charge < -0.3 is 9.87 Å². The second-order valence-corrected chi connectivity index (χ2v) is 6.54. The maximum Gasteiger partial charge on any atom is 1.00 e. The van der Waals surface area contributed by atoms with Crippen molar-refractivity contribution in [3.8, 4) is 0 Å². The van der Waals surface area contributed by atoms with Crippen LogP contribution < -0.4 is 34.9 Å². The van der Waals surface area contributed by atoms with Crippen LogP contribution in [-0.2, 0) is 24.4 Å². The predicted octanol–water partition coefficient (Wildman–Crippen LogP) is -1.21. The fourth-order valence-electron chi connectivity index (χ4n) is 1.64. The maximum absolute atomic E-state index is 11.7. The summed E-state index contributed by atoms with van der Waals surface area (Å²) in [5, 5.41) is 2.83. The van der Waals surface area contributed by atoms with Crippen LogP contribution in [0.15, 0.2) is 30.3 Å². The van der Waals surface area contributed by atoms with Crippen LogP contribution in [0.1, 0.15) is 36.0 Å². The zero-order chi connectivity index (χ0) is 14.8. The molecule has 0 aliphatic carbocycles. The van der Waals surface area contributed by atoms with Gasteiger partial charge in [-0.15, -0.1) is 0 Å². The van der Waals surface area contributed by atoms with Crippen molar-refractivity contribution in [3.63, 3.8) is 0 Å². The normalized spacial score (nSPS) is 13.0. The van der Waals surface area contributed by atoms with Crippen LogP contribution in [0.4, 0.5) is 0 Å². The number of hydrogen-bond acceptors (Lipinski definition) is 5. The summed E-state index contributed by atoms with van der Waals surface area (Å²) in [7, 11) is -3.74. The van der Waals surface area contributed by atoms with E-state index in [9.17, 15) is 13.6 Å². The van der Waals surface area contributed by atoms with Gasteiger partial charge in [0.05, 0.1) is 15.7 Å². The van der Waals surface area contributed by atoms with Crippen LogP contribution in [0.2, 0.25) is 0 Å². The standard InChI is InChI=1S/C13H19NO4S2.Na/c15-13(12-8-4-3-5-9-12)14-10-6-1-2-7-11-18-20(16,17)19;/h3-5,8-9H,1-2,6-7,10-11H2,(H,14,15)(H,16,17,19);/q;+1/p-1. The van der Waals surface area contributed by atoms with E-state index < -0.39 is 9.05 Å². The van der Waals surface area contributed by atoms with Crippen LogP contribution in [0, 0.1) is 0 Å². The second kappa shape index (κ2) is 11.5. The fourth-order valence-corrected chi connectivity index (χ4v) is 2.16. The molecule has 112 valence electrons. The van der Waals surface area contributed by atoms with E-state index in [0.29, 0.717) is 18.5 Å². The third kappa shape index (κ3) is 11.2. The molecule has 0 radical (unpaired) electrons. The smallest absolute Gasteiger partial charge is 0.748 e. The van der Waals surface area contributed by atoms with E-state index in [0.717, 1.165) is 19.3 Å². The molecule has 0 aliphatic heterocycles. The van der Waals surface area contributed by atoms with Gasteiger partial charge in [-0.1, -0.05) is 31.0 Å². The summed E-state index contributed by atoms with van der Waals surface area (Å²) >= 11 is 4.08. The fraction of sp³-hybridized carbons (Fsp3) is 0.462. The summed E-state index contributed by atoms with van der Waals surface area (Å²) < 4.78 is 25.5. The second-order valence-electron chi connectivity index (χ2n) is 4.27. The number of rotatable bonds is 9. The number of hydrogen-bond donors (Lipinski definition) is 1. The molecule has 0 aromatic heterocycles. The van der Waals surface area contributed by atoms with E-state index in [2.05, 4.69) is 20.7 Å². The maximum atomic E-state index is 11.7. The number of amides is 1. The Kier molecular flexibility index (Phi) is 11.5. The average molecular weight is 339 g/mol. The molecule has 1 N–H and O–H groups in total. The zero-order valence-corrected chi connectivity index (χ0v) is 15.7. The summed E-state index contributed by atoms with van der Waals surface area (Å²) in [6.07, 6.45) is 3.23. The molecule has 1 aromatic rings. The Labute approximate surface area is 152 Å². The van der Waals surface area contributed by atoms with Crippen molar-refractivity contribution in [2.24, 2.45) is 0 Å². The quantitative estimate of drug-likeness (QED) is 0.451. The third-order valence-corrected chi connectivity index (χ3v) is 3.36. The summed E-state index contributed by atoms with van der Waals surface area (Å²) in [4.78, 5) is 11.7. The number of carbonyl (C=O) groups is 1. The first-order chi connectivity index (χ1) is 9.49. The summed E-state index contributed by atoms with van der Waals surface area (Å²) in [6.45, 7) is 0.732. The SMILES string of the molecule is O=C(NCCCCCCOS(=O)([O-])=S)c1ccccc1.[Na+]. The van der Waals surface area contributed by atoms with Gasteiger partial charge in [0.2, 0.25) is 0 Å². The molecular formula is C13H18NNaO4S2. The van der Waals surface area contributed by atoms with Crippen LogP contribution in [0.3, 0.4) is 0 Å². The molecule has 0 heterocycles. The van der Waals surface area contributed by atoms with Gasteiger partial charge in [-0.05, 0) is 36.2 Å². The molecule has 0 bridgehead atoms. The van der Waals surface area contributed by atoms with E-state index >= 15 is 0 Å². The van der Waals surface area contributed by atoms with Crippen LogP contribution in [0.25, 0.3) is 0 Å². The van der Waals surface area contributed by atoms with Crippen molar-refractivity contribution in [1.29, 1.82) is 0 Å². The number of nitrogens with one attached hydrogen (secondary N) is 1. The minimum atomic E-state index is -3.74. The van der Waals surface area contributed by atoms with Gasteiger partial charge in [0, 0.05) is 12.1 Å². The Morgan fingerprint density at radius 1 is 1.19 bits per heavy atom. The molecule has 0 saturated heterocycles. The Bertz CT molecular complexity index is 508. The van der Waals surface area contributed by atoms with Gasteiger partial charge in [0.1, 0.15) is 0 Å². The van der Waals surface area contributed by atoms with Crippen molar-refractivity contribution in [2.75, 3.05) is 13.2 Å². The molecule has 0 aliphatic rings. The first-order valence-corrected chi connectivity index (χ1v) is 8.76. The molecule has 0 fully saturated rings. The Morgan fingerprint density at radius 3 is 2.43 bits per heavy atom. The van der Waals surface area contributed by atoms with E-state index in [-0.39, 0.29) is 42.1 Å². The number of unbranched alkanes of at least 4 members (excludes halogenated alkanes) is 3. The largest absolute Gasteiger partial charge is 1.00 e. The van der Waals surface area contributed by atoms with E-state index in [4.69, 9.17) is 0 Å². The summed E-state index contributed by atoms with van der Waals surface area (Å²) in [5.41, 5.74) is 0.650. The van der Waals surface area contributed by atoms with Crippen molar-refractivity contribution in [1.82, 2.24) is 5.32 Å². The minimum Gasteiger partial charge on any atom is -0.748 e. The van der Waals surface area contributed by atoms with Gasteiger partial charge in [-0.3, -0.25) is 8.98 Å². The van der Waals surface area contributed by atoms with E-state index in [1.165, 1.54) is 0 Å². The Balaban J connectivity index is 0.00000400. The van der Waals surface area contributed by atoms with Gasteiger partial charge >= 0.3 is 29.6 Å². The van der Waals surface area contributed by atoms with E-state index in [1.54, 1.807) is 12.1 Å². The minimum absolute atomic E-state index is 0. The monoisotopic (exact) mass is 339 g/mol. The molecule has 1 amide bonds. The first kappa shape index (κ1) is 21.0. The molecule has 5 nitrogen and oxygen atoms in total. The van der Waals surface area contributed by atoms with Crippen molar-refractivity contribution in [2.45, 2.75) is 25.7 Å².